The van der Waals surface area contributed by atoms with Crippen LogP contribution >= 0.6 is 15.9 Å². The van der Waals surface area contributed by atoms with Gasteiger partial charge in [0.2, 0.25) is 0 Å². The summed E-state index contributed by atoms with van der Waals surface area (Å²) in [5, 5.41) is 3.38. The summed E-state index contributed by atoms with van der Waals surface area (Å²) < 4.78 is 1.12. The number of nitrogens with two attached hydrogens (primary N) is 1. The van der Waals surface area contributed by atoms with Crippen LogP contribution in [0.15, 0.2) is 40.9 Å². The topological polar surface area (TPSA) is 38.0 Å². The summed E-state index contributed by atoms with van der Waals surface area (Å²) >= 11 is 3.49. The molecule has 2 aromatic rings. The highest BCUT2D eigenvalue weighted by atomic mass is 79.9. The number of halogens is 1. The van der Waals surface area contributed by atoms with Crippen molar-refractivity contribution in [2.75, 3.05) is 11.1 Å². The number of aryl methyl sites for hydroxylation is 1. The summed E-state index contributed by atoms with van der Waals surface area (Å²) in [5.41, 5.74) is 11.1. The van der Waals surface area contributed by atoms with Crippen molar-refractivity contribution in [2.45, 2.75) is 13.8 Å². The number of rotatable bonds is 2. The molecule has 0 aliphatic carbocycles. The molecular formula is C14H15BrN2. The Hall–Kier alpha value is -1.48. The quantitative estimate of drug-likeness (QED) is 0.805. The smallest absolute Gasteiger partial charge is 0.0434 e. The third-order valence-corrected chi connectivity index (χ3v) is 3.70. The highest BCUT2D eigenvalue weighted by Gasteiger charge is 2.02. The Morgan fingerprint density at radius 3 is 2.59 bits per heavy atom. The summed E-state index contributed by atoms with van der Waals surface area (Å²) in [4.78, 5) is 0. The van der Waals surface area contributed by atoms with Gasteiger partial charge in [0.1, 0.15) is 0 Å². The number of anilines is 3. The number of benzene rings is 2. The lowest BCUT2D eigenvalue weighted by atomic mass is 10.1. The van der Waals surface area contributed by atoms with Crippen molar-refractivity contribution in [1.29, 1.82) is 0 Å². The van der Waals surface area contributed by atoms with Gasteiger partial charge in [0.05, 0.1) is 0 Å². The standard InChI is InChI=1S/C14H15BrN2/c1-9-8-11(6-7-12(9)15)17-14-5-3-4-13(16)10(14)2/h3-8,17H,16H2,1-2H3. The fourth-order valence-corrected chi connectivity index (χ4v) is 1.91. The second kappa shape index (κ2) is 4.80. The zero-order valence-corrected chi connectivity index (χ0v) is 11.5. The van der Waals surface area contributed by atoms with Crippen molar-refractivity contribution in [1.82, 2.24) is 0 Å². The van der Waals surface area contributed by atoms with E-state index in [9.17, 15) is 0 Å². The molecule has 0 aliphatic rings. The normalized spacial score (nSPS) is 10.3. The molecule has 0 aromatic heterocycles. The van der Waals surface area contributed by atoms with E-state index < -0.39 is 0 Å². The van der Waals surface area contributed by atoms with Crippen LogP contribution in [0.4, 0.5) is 17.1 Å². The molecule has 0 spiro atoms. The molecule has 3 N–H and O–H groups in total. The maximum Gasteiger partial charge on any atom is 0.0434 e. The van der Waals surface area contributed by atoms with Gasteiger partial charge in [-0.1, -0.05) is 22.0 Å². The first-order chi connectivity index (χ1) is 8.08. The van der Waals surface area contributed by atoms with Crippen molar-refractivity contribution in [3.8, 4) is 0 Å². The van der Waals surface area contributed by atoms with Crippen LogP contribution in [0.1, 0.15) is 11.1 Å². The first-order valence-corrected chi connectivity index (χ1v) is 6.25. The summed E-state index contributed by atoms with van der Waals surface area (Å²) in [7, 11) is 0. The molecular weight excluding hydrogens is 276 g/mol. The van der Waals surface area contributed by atoms with E-state index in [2.05, 4.69) is 34.2 Å². The largest absolute Gasteiger partial charge is 0.398 e. The van der Waals surface area contributed by atoms with E-state index in [1.165, 1.54) is 5.56 Å². The van der Waals surface area contributed by atoms with Gasteiger partial charge in [-0.3, -0.25) is 0 Å². The molecule has 0 fully saturated rings. The lowest BCUT2D eigenvalue weighted by Gasteiger charge is -2.12. The molecule has 0 saturated heterocycles. The van der Waals surface area contributed by atoms with Crippen molar-refractivity contribution < 1.29 is 0 Å². The molecule has 0 bridgehead atoms. The predicted molar refractivity (Wildman–Crippen MR) is 77.8 cm³/mol. The number of nitrogen functional groups attached to an aromatic ring is 1. The Kier molecular flexibility index (Phi) is 3.38. The Labute approximate surface area is 110 Å². The van der Waals surface area contributed by atoms with Crippen LogP contribution in [-0.4, -0.2) is 0 Å². The van der Waals surface area contributed by atoms with Crippen LogP contribution in [-0.2, 0) is 0 Å². The summed E-state index contributed by atoms with van der Waals surface area (Å²) in [6.45, 7) is 4.09. The van der Waals surface area contributed by atoms with Gasteiger partial charge >= 0.3 is 0 Å². The summed E-state index contributed by atoms with van der Waals surface area (Å²) in [6, 6.07) is 12.1. The maximum atomic E-state index is 5.88. The average Bonchev–Trinajstić information content (AvgIpc) is 2.30. The predicted octanol–water partition coefficient (Wildman–Crippen LogP) is 4.39. The lowest BCUT2D eigenvalue weighted by molar-refractivity contribution is 1.39. The first-order valence-electron chi connectivity index (χ1n) is 5.46. The Bertz CT molecular complexity index is 550. The second-order valence-electron chi connectivity index (χ2n) is 4.11. The molecule has 2 nitrogen and oxygen atoms in total. The Balaban J connectivity index is 2.31. The number of nitrogens with one attached hydrogen (secondary N) is 1. The monoisotopic (exact) mass is 290 g/mol. The molecule has 2 aromatic carbocycles. The summed E-state index contributed by atoms with van der Waals surface area (Å²) in [5.74, 6) is 0. The van der Waals surface area contributed by atoms with Crippen molar-refractivity contribution in [3.05, 3.63) is 52.0 Å². The van der Waals surface area contributed by atoms with E-state index in [-0.39, 0.29) is 0 Å². The second-order valence-corrected chi connectivity index (χ2v) is 4.96. The molecule has 3 heteroatoms. The average molecular weight is 291 g/mol. The fraction of sp³-hybridized carbons (Fsp3) is 0.143. The van der Waals surface area contributed by atoms with Crippen LogP contribution in [0, 0.1) is 13.8 Å². The minimum absolute atomic E-state index is 0.809. The van der Waals surface area contributed by atoms with Gasteiger partial charge in [0.15, 0.2) is 0 Å². The van der Waals surface area contributed by atoms with E-state index in [1.807, 2.05) is 37.3 Å². The fourth-order valence-electron chi connectivity index (χ4n) is 1.67. The van der Waals surface area contributed by atoms with Gasteiger partial charge in [-0.2, -0.15) is 0 Å². The van der Waals surface area contributed by atoms with Crippen LogP contribution in [0.25, 0.3) is 0 Å². The van der Waals surface area contributed by atoms with Crippen LogP contribution < -0.4 is 11.1 Å². The zero-order chi connectivity index (χ0) is 12.4. The lowest BCUT2D eigenvalue weighted by Crippen LogP contribution is -1.97. The molecule has 0 heterocycles. The minimum Gasteiger partial charge on any atom is -0.398 e. The van der Waals surface area contributed by atoms with Crippen molar-refractivity contribution in [2.24, 2.45) is 0 Å². The van der Waals surface area contributed by atoms with Crippen molar-refractivity contribution >= 4 is 33.0 Å². The van der Waals surface area contributed by atoms with E-state index in [1.54, 1.807) is 0 Å². The third kappa shape index (κ3) is 2.61. The maximum absolute atomic E-state index is 5.88. The molecule has 0 unspecified atom stereocenters. The molecule has 88 valence electrons. The molecule has 0 amide bonds. The van der Waals surface area contributed by atoms with Crippen LogP contribution in [0.2, 0.25) is 0 Å². The molecule has 0 saturated carbocycles. The molecule has 2 rings (SSSR count). The Morgan fingerprint density at radius 2 is 1.88 bits per heavy atom. The molecule has 0 aliphatic heterocycles. The summed E-state index contributed by atoms with van der Waals surface area (Å²) in [6.07, 6.45) is 0. The molecule has 0 atom stereocenters. The first kappa shape index (κ1) is 12.0. The van der Waals surface area contributed by atoms with Crippen LogP contribution in [0.3, 0.4) is 0 Å². The van der Waals surface area contributed by atoms with E-state index >= 15 is 0 Å². The Morgan fingerprint density at radius 1 is 1.12 bits per heavy atom. The van der Waals surface area contributed by atoms with Gasteiger partial charge in [-0.05, 0) is 55.3 Å². The van der Waals surface area contributed by atoms with Gasteiger partial charge in [-0.25, -0.2) is 0 Å². The highest BCUT2D eigenvalue weighted by molar-refractivity contribution is 9.10. The van der Waals surface area contributed by atoms with E-state index in [4.69, 9.17) is 5.73 Å². The number of hydrogen-bond acceptors (Lipinski definition) is 2. The molecule has 0 radical (unpaired) electrons. The van der Waals surface area contributed by atoms with E-state index in [0.717, 1.165) is 27.1 Å². The van der Waals surface area contributed by atoms with Gasteiger partial charge in [0, 0.05) is 21.5 Å². The number of hydrogen-bond donors (Lipinski definition) is 2. The SMILES string of the molecule is Cc1cc(Nc2cccc(N)c2C)ccc1Br. The van der Waals surface area contributed by atoms with Gasteiger partial charge < -0.3 is 11.1 Å². The third-order valence-electron chi connectivity index (χ3n) is 2.81. The van der Waals surface area contributed by atoms with E-state index in [0.29, 0.717) is 0 Å². The van der Waals surface area contributed by atoms with Gasteiger partial charge in [-0.15, -0.1) is 0 Å². The van der Waals surface area contributed by atoms with Crippen LogP contribution in [0.5, 0.6) is 0 Å². The zero-order valence-electron chi connectivity index (χ0n) is 9.92. The minimum atomic E-state index is 0.809. The van der Waals surface area contributed by atoms with Gasteiger partial charge in [0.25, 0.3) is 0 Å². The highest BCUT2D eigenvalue weighted by Crippen LogP contribution is 2.26. The van der Waals surface area contributed by atoms with Crippen molar-refractivity contribution in [3.63, 3.8) is 0 Å². The molecule has 17 heavy (non-hydrogen) atoms.